The molecule has 1 amide bonds. The number of pyridine rings is 1. The molecule has 0 radical (unpaired) electrons. The van der Waals surface area contributed by atoms with Gasteiger partial charge < -0.3 is 10.4 Å². The molecule has 2 N–H and O–H groups in total. The van der Waals surface area contributed by atoms with Gasteiger partial charge in [-0.1, -0.05) is 12.1 Å². The van der Waals surface area contributed by atoms with Crippen molar-refractivity contribution in [3.05, 3.63) is 72.3 Å². The number of aliphatic hydroxyl groups is 1. The highest BCUT2D eigenvalue weighted by atomic mass is 16.3. The molecule has 22 heavy (non-hydrogen) atoms. The van der Waals surface area contributed by atoms with Crippen molar-refractivity contribution < 1.29 is 9.90 Å². The highest BCUT2D eigenvalue weighted by Crippen LogP contribution is 2.13. The van der Waals surface area contributed by atoms with Gasteiger partial charge in [0.25, 0.3) is 5.91 Å². The summed E-state index contributed by atoms with van der Waals surface area (Å²) in [6.45, 7) is -0.0727. The van der Waals surface area contributed by atoms with Gasteiger partial charge >= 0.3 is 0 Å². The van der Waals surface area contributed by atoms with Crippen molar-refractivity contribution in [2.75, 3.05) is 5.32 Å². The number of rotatable bonds is 4. The Kier molecular flexibility index (Phi) is 3.93. The van der Waals surface area contributed by atoms with Crippen LogP contribution in [0.2, 0.25) is 0 Å². The summed E-state index contributed by atoms with van der Waals surface area (Å²) in [5.41, 5.74) is 2.40. The second-order valence-electron chi connectivity index (χ2n) is 4.66. The maximum Gasteiger partial charge on any atom is 0.274 e. The van der Waals surface area contributed by atoms with Crippen molar-refractivity contribution in [3.8, 4) is 5.69 Å². The fraction of sp³-hybridized carbons (Fsp3) is 0.0625. The van der Waals surface area contributed by atoms with Gasteiger partial charge in [-0.3, -0.25) is 9.78 Å². The van der Waals surface area contributed by atoms with Crippen LogP contribution in [0.15, 0.2) is 61.1 Å². The Labute approximate surface area is 127 Å². The molecule has 110 valence electrons. The van der Waals surface area contributed by atoms with Gasteiger partial charge in [-0.2, -0.15) is 5.10 Å². The number of aromatic nitrogens is 3. The molecule has 3 rings (SSSR count). The van der Waals surface area contributed by atoms with Crippen LogP contribution in [-0.4, -0.2) is 25.8 Å². The van der Waals surface area contributed by atoms with Gasteiger partial charge in [0, 0.05) is 24.3 Å². The van der Waals surface area contributed by atoms with Crippen LogP contribution in [0.1, 0.15) is 16.1 Å². The standard InChI is InChI=1S/C16H14N4O2/c21-11-12-3-1-4-13(9-12)19-16(22)15-10-14(5-7-17-15)20-8-2-6-18-20/h1-10,21H,11H2,(H,19,22). The number of hydrogen-bond acceptors (Lipinski definition) is 4. The molecular weight excluding hydrogens is 280 g/mol. The first-order valence-corrected chi connectivity index (χ1v) is 6.73. The van der Waals surface area contributed by atoms with Crippen LogP contribution in [0.25, 0.3) is 5.69 Å². The van der Waals surface area contributed by atoms with Crippen molar-refractivity contribution in [2.45, 2.75) is 6.61 Å². The van der Waals surface area contributed by atoms with Gasteiger partial charge in [-0.05, 0) is 35.9 Å². The molecule has 0 saturated heterocycles. The molecule has 0 spiro atoms. The molecule has 0 aliphatic rings. The molecule has 1 aromatic carbocycles. The predicted octanol–water partition coefficient (Wildman–Crippen LogP) is 2.01. The van der Waals surface area contributed by atoms with Gasteiger partial charge in [0.2, 0.25) is 0 Å². The summed E-state index contributed by atoms with van der Waals surface area (Å²) in [7, 11) is 0. The van der Waals surface area contributed by atoms with E-state index in [1.54, 1.807) is 65.7 Å². The molecule has 2 heterocycles. The van der Waals surface area contributed by atoms with Crippen molar-refractivity contribution in [3.63, 3.8) is 0 Å². The first kappa shape index (κ1) is 14.0. The second-order valence-corrected chi connectivity index (χ2v) is 4.66. The molecule has 2 aromatic heterocycles. The Morgan fingerprint density at radius 2 is 2.09 bits per heavy atom. The number of carbonyl (C=O) groups is 1. The molecule has 0 atom stereocenters. The van der Waals surface area contributed by atoms with E-state index in [1.807, 2.05) is 0 Å². The summed E-state index contributed by atoms with van der Waals surface area (Å²) in [6.07, 6.45) is 5.03. The monoisotopic (exact) mass is 294 g/mol. The van der Waals surface area contributed by atoms with Gasteiger partial charge in [0.15, 0.2) is 0 Å². The van der Waals surface area contributed by atoms with Crippen molar-refractivity contribution in [2.24, 2.45) is 0 Å². The second kappa shape index (κ2) is 6.19. The lowest BCUT2D eigenvalue weighted by atomic mass is 10.2. The molecule has 0 unspecified atom stereocenters. The predicted molar refractivity (Wildman–Crippen MR) is 81.7 cm³/mol. The zero-order chi connectivity index (χ0) is 15.4. The van der Waals surface area contributed by atoms with E-state index in [-0.39, 0.29) is 12.5 Å². The van der Waals surface area contributed by atoms with Crippen LogP contribution in [0.4, 0.5) is 5.69 Å². The first-order chi connectivity index (χ1) is 10.8. The lowest BCUT2D eigenvalue weighted by molar-refractivity contribution is 0.102. The molecule has 0 fully saturated rings. The largest absolute Gasteiger partial charge is 0.392 e. The van der Waals surface area contributed by atoms with Crippen LogP contribution in [-0.2, 0) is 6.61 Å². The minimum Gasteiger partial charge on any atom is -0.392 e. The summed E-state index contributed by atoms with van der Waals surface area (Å²) in [4.78, 5) is 16.4. The molecule has 0 bridgehead atoms. The average molecular weight is 294 g/mol. The van der Waals surface area contributed by atoms with Gasteiger partial charge in [-0.25, -0.2) is 4.68 Å². The fourth-order valence-electron chi connectivity index (χ4n) is 2.05. The number of amides is 1. The van der Waals surface area contributed by atoms with E-state index in [0.717, 1.165) is 11.3 Å². The first-order valence-electron chi connectivity index (χ1n) is 6.73. The molecule has 6 heteroatoms. The minimum absolute atomic E-state index is 0.0727. The number of benzene rings is 1. The van der Waals surface area contributed by atoms with Crippen LogP contribution >= 0.6 is 0 Å². The maximum absolute atomic E-state index is 12.3. The Hall–Kier alpha value is -2.99. The Balaban J connectivity index is 1.81. The number of hydrogen-bond donors (Lipinski definition) is 2. The van der Waals surface area contributed by atoms with Gasteiger partial charge in [-0.15, -0.1) is 0 Å². The minimum atomic E-state index is -0.316. The Morgan fingerprint density at radius 1 is 1.18 bits per heavy atom. The van der Waals surface area contributed by atoms with Crippen LogP contribution < -0.4 is 5.32 Å². The summed E-state index contributed by atoms with van der Waals surface area (Å²) in [5, 5.41) is 16.0. The molecule has 0 aliphatic heterocycles. The van der Waals surface area contributed by atoms with Crippen molar-refractivity contribution in [1.29, 1.82) is 0 Å². The number of anilines is 1. The average Bonchev–Trinajstić information content (AvgIpc) is 3.09. The van der Waals surface area contributed by atoms with Crippen LogP contribution in [0.5, 0.6) is 0 Å². The SMILES string of the molecule is O=C(Nc1cccc(CO)c1)c1cc(-n2cccn2)ccn1. The van der Waals surface area contributed by atoms with E-state index in [4.69, 9.17) is 5.11 Å². The third-order valence-corrected chi connectivity index (χ3v) is 3.11. The highest BCUT2D eigenvalue weighted by Gasteiger charge is 2.09. The van der Waals surface area contributed by atoms with E-state index in [0.29, 0.717) is 11.4 Å². The zero-order valence-electron chi connectivity index (χ0n) is 11.7. The van der Waals surface area contributed by atoms with E-state index >= 15 is 0 Å². The van der Waals surface area contributed by atoms with Crippen molar-refractivity contribution >= 4 is 11.6 Å². The lowest BCUT2D eigenvalue weighted by Crippen LogP contribution is -2.14. The number of aliphatic hydroxyl groups excluding tert-OH is 1. The molecule has 0 saturated carbocycles. The molecular formula is C16H14N4O2. The van der Waals surface area contributed by atoms with Crippen LogP contribution in [0, 0.1) is 0 Å². The number of carbonyl (C=O) groups excluding carboxylic acids is 1. The van der Waals surface area contributed by atoms with E-state index < -0.39 is 0 Å². The summed E-state index contributed by atoms with van der Waals surface area (Å²) < 4.78 is 1.66. The third-order valence-electron chi connectivity index (χ3n) is 3.11. The molecule has 0 aliphatic carbocycles. The molecule has 6 nitrogen and oxygen atoms in total. The summed E-state index contributed by atoms with van der Waals surface area (Å²) in [6, 6.07) is 12.3. The van der Waals surface area contributed by atoms with E-state index in [2.05, 4.69) is 15.4 Å². The topological polar surface area (TPSA) is 80.0 Å². The number of nitrogens with one attached hydrogen (secondary N) is 1. The fourth-order valence-corrected chi connectivity index (χ4v) is 2.05. The molecule has 3 aromatic rings. The van der Waals surface area contributed by atoms with E-state index in [9.17, 15) is 4.79 Å². The van der Waals surface area contributed by atoms with Crippen molar-refractivity contribution in [1.82, 2.24) is 14.8 Å². The van der Waals surface area contributed by atoms with E-state index in [1.165, 1.54) is 0 Å². The normalized spacial score (nSPS) is 10.4. The summed E-state index contributed by atoms with van der Waals surface area (Å²) >= 11 is 0. The zero-order valence-corrected chi connectivity index (χ0v) is 11.7. The maximum atomic E-state index is 12.3. The van der Waals surface area contributed by atoms with Gasteiger partial charge in [0.1, 0.15) is 5.69 Å². The lowest BCUT2D eigenvalue weighted by Gasteiger charge is -2.07. The van der Waals surface area contributed by atoms with Crippen LogP contribution in [0.3, 0.4) is 0 Å². The quantitative estimate of drug-likeness (QED) is 0.771. The number of nitrogens with zero attached hydrogens (tertiary/aromatic N) is 3. The van der Waals surface area contributed by atoms with Gasteiger partial charge in [0.05, 0.1) is 12.3 Å². The summed E-state index contributed by atoms with van der Waals surface area (Å²) in [5.74, 6) is -0.316. The third kappa shape index (κ3) is 3.02. The smallest absolute Gasteiger partial charge is 0.274 e. The Bertz CT molecular complexity index is 784. The highest BCUT2D eigenvalue weighted by molar-refractivity contribution is 6.03. The Morgan fingerprint density at radius 3 is 2.86 bits per heavy atom.